The molecule has 18 heavy (non-hydrogen) atoms. The number of carbonyl (C=O) groups is 1. The minimum atomic E-state index is -0.833. The van der Waals surface area contributed by atoms with Crippen molar-refractivity contribution in [1.82, 2.24) is 4.57 Å². The summed E-state index contributed by atoms with van der Waals surface area (Å²) >= 11 is 0. The summed E-state index contributed by atoms with van der Waals surface area (Å²) in [5, 5.41) is 9.28. The summed E-state index contributed by atoms with van der Waals surface area (Å²) in [5.41, 5.74) is 3.98. The van der Waals surface area contributed by atoms with Gasteiger partial charge in [0.25, 0.3) is 0 Å². The van der Waals surface area contributed by atoms with Gasteiger partial charge in [-0.15, -0.1) is 0 Å². The quantitative estimate of drug-likeness (QED) is 0.897. The van der Waals surface area contributed by atoms with E-state index < -0.39 is 5.97 Å². The Hall–Kier alpha value is -2.03. The number of hydrogen-bond acceptors (Lipinski definition) is 1. The lowest BCUT2D eigenvalue weighted by Gasteiger charge is -2.10. The molecule has 0 atom stereocenters. The topological polar surface area (TPSA) is 42.2 Å². The third-order valence-corrected chi connectivity index (χ3v) is 3.56. The second kappa shape index (κ2) is 4.33. The maximum absolute atomic E-state index is 11.3. The third kappa shape index (κ3) is 1.82. The average Bonchev–Trinajstić information content (AvgIpc) is 2.93. The number of nitrogens with zero attached hydrogens (tertiary/aromatic N) is 1. The zero-order valence-corrected chi connectivity index (χ0v) is 10.1. The normalized spacial score (nSPS) is 13.6. The molecule has 1 N–H and O–H groups in total. The second-order valence-electron chi connectivity index (χ2n) is 4.73. The number of benzene rings is 1. The summed E-state index contributed by atoms with van der Waals surface area (Å²) in [6.07, 6.45) is 3.15. The van der Waals surface area contributed by atoms with Crippen LogP contribution in [-0.2, 0) is 19.4 Å². The first kappa shape index (κ1) is 11.1. The fourth-order valence-corrected chi connectivity index (χ4v) is 2.73. The lowest BCUT2D eigenvalue weighted by molar-refractivity contribution is 0.0685. The number of aryl methyl sites for hydroxylation is 1. The van der Waals surface area contributed by atoms with Crippen LogP contribution in [0.4, 0.5) is 0 Å². The van der Waals surface area contributed by atoms with E-state index in [1.54, 1.807) is 0 Å². The van der Waals surface area contributed by atoms with Crippen molar-refractivity contribution in [2.24, 2.45) is 0 Å². The Kier molecular flexibility index (Phi) is 2.67. The molecule has 0 aliphatic heterocycles. The lowest BCUT2D eigenvalue weighted by atomic mass is 10.2. The molecule has 1 aromatic carbocycles. The van der Waals surface area contributed by atoms with Crippen LogP contribution in [0.15, 0.2) is 36.4 Å². The first-order valence-electron chi connectivity index (χ1n) is 6.24. The Bertz CT molecular complexity index is 584. The SMILES string of the molecule is O=C(O)c1cc2c(n1Cc1ccccc1)CCC2. The van der Waals surface area contributed by atoms with Crippen LogP contribution >= 0.6 is 0 Å². The van der Waals surface area contributed by atoms with E-state index in [9.17, 15) is 9.90 Å². The highest BCUT2D eigenvalue weighted by Crippen LogP contribution is 2.26. The molecule has 0 bridgehead atoms. The van der Waals surface area contributed by atoms with Crippen molar-refractivity contribution in [1.29, 1.82) is 0 Å². The zero-order chi connectivity index (χ0) is 12.5. The number of fused-ring (bicyclic) bond motifs is 1. The van der Waals surface area contributed by atoms with Crippen LogP contribution in [0.2, 0.25) is 0 Å². The molecule has 1 aromatic heterocycles. The van der Waals surface area contributed by atoms with Crippen LogP contribution in [0.3, 0.4) is 0 Å². The molecule has 0 amide bonds. The third-order valence-electron chi connectivity index (χ3n) is 3.56. The van der Waals surface area contributed by atoms with Crippen molar-refractivity contribution in [3.05, 3.63) is 58.9 Å². The maximum Gasteiger partial charge on any atom is 0.352 e. The van der Waals surface area contributed by atoms with Crippen LogP contribution in [-0.4, -0.2) is 15.6 Å². The molecule has 2 aromatic rings. The van der Waals surface area contributed by atoms with Crippen molar-refractivity contribution in [2.45, 2.75) is 25.8 Å². The summed E-state index contributed by atoms with van der Waals surface area (Å²) in [4.78, 5) is 11.3. The summed E-state index contributed by atoms with van der Waals surface area (Å²) in [5.74, 6) is -0.833. The Morgan fingerprint density at radius 3 is 2.72 bits per heavy atom. The van der Waals surface area contributed by atoms with Gasteiger partial charge in [0.1, 0.15) is 5.69 Å². The van der Waals surface area contributed by atoms with E-state index in [1.807, 2.05) is 41.0 Å². The molecule has 92 valence electrons. The van der Waals surface area contributed by atoms with Gasteiger partial charge in [-0.3, -0.25) is 0 Å². The molecule has 0 saturated heterocycles. The van der Waals surface area contributed by atoms with E-state index in [0.29, 0.717) is 12.2 Å². The van der Waals surface area contributed by atoms with Crippen LogP contribution in [0.25, 0.3) is 0 Å². The predicted molar refractivity (Wildman–Crippen MR) is 69.0 cm³/mol. The van der Waals surface area contributed by atoms with Gasteiger partial charge in [0.15, 0.2) is 0 Å². The van der Waals surface area contributed by atoms with Crippen molar-refractivity contribution in [3.63, 3.8) is 0 Å². The standard InChI is InChI=1S/C15H15NO2/c17-15(18)14-9-12-7-4-8-13(12)16(14)10-11-5-2-1-3-6-11/h1-3,5-6,9H,4,7-8,10H2,(H,17,18). The molecule has 3 nitrogen and oxygen atoms in total. The molecule has 0 unspecified atom stereocenters. The molecule has 3 heteroatoms. The number of carboxylic acid groups (broad SMARTS) is 1. The maximum atomic E-state index is 11.3. The predicted octanol–water partition coefficient (Wildman–Crippen LogP) is 2.72. The van der Waals surface area contributed by atoms with Crippen LogP contribution in [0, 0.1) is 0 Å². The molecule has 3 rings (SSSR count). The van der Waals surface area contributed by atoms with Gasteiger partial charge >= 0.3 is 5.97 Å². The van der Waals surface area contributed by atoms with Gasteiger partial charge in [0.05, 0.1) is 0 Å². The molecule has 1 heterocycles. The minimum absolute atomic E-state index is 0.420. The molecule has 0 spiro atoms. The van der Waals surface area contributed by atoms with E-state index in [0.717, 1.165) is 24.8 Å². The van der Waals surface area contributed by atoms with Crippen LogP contribution in [0.1, 0.15) is 33.7 Å². The second-order valence-corrected chi connectivity index (χ2v) is 4.73. The molecule has 1 aliphatic carbocycles. The number of rotatable bonds is 3. The summed E-state index contributed by atoms with van der Waals surface area (Å²) < 4.78 is 1.96. The fraction of sp³-hybridized carbons (Fsp3) is 0.267. The van der Waals surface area contributed by atoms with Gasteiger partial charge < -0.3 is 9.67 Å². The average molecular weight is 241 g/mol. The van der Waals surface area contributed by atoms with Crippen molar-refractivity contribution in [3.8, 4) is 0 Å². The molecule has 0 saturated carbocycles. The Morgan fingerprint density at radius 1 is 1.22 bits per heavy atom. The first-order valence-corrected chi connectivity index (χ1v) is 6.24. The Balaban J connectivity index is 2.02. The van der Waals surface area contributed by atoms with Crippen LogP contribution in [0.5, 0.6) is 0 Å². The smallest absolute Gasteiger partial charge is 0.352 e. The van der Waals surface area contributed by atoms with Crippen molar-refractivity contribution >= 4 is 5.97 Å². The highest BCUT2D eigenvalue weighted by molar-refractivity contribution is 5.86. The Labute approximate surface area is 106 Å². The molecular weight excluding hydrogens is 226 g/mol. The first-order chi connectivity index (χ1) is 8.75. The van der Waals surface area contributed by atoms with Gasteiger partial charge in [-0.25, -0.2) is 4.79 Å². The van der Waals surface area contributed by atoms with E-state index >= 15 is 0 Å². The van der Waals surface area contributed by atoms with E-state index in [-0.39, 0.29) is 0 Å². The number of aromatic nitrogens is 1. The van der Waals surface area contributed by atoms with Crippen LogP contribution < -0.4 is 0 Å². The van der Waals surface area contributed by atoms with Crippen molar-refractivity contribution in [2.75, 3.05) is 0 Å². The van der Waals surface area contributed by atoms with Gasteiger partial charge in [-0.05, 0) is 36.5 Å². The highest BCUT2D eigenvalue weighted by atomic mass is 16.4. The van der Waals surface area contributed by atoms with Gasteiger partial charge in [0.2, 0.25) is 0 Å². The summed E-state index contributed by atoms with van der Waals surface area (Å²) in [6.45, 7) is 0.651. The molecule has 1 aliphatic rings. The summed E-state index contributed by atoms with van der Waals surface area (Å²) in [7, 11) is 0. The fourth-order valence-electron chi connectivity index (χ4n) is 2.73. The van der Waals surface area contributed by atoms with Crippen molar-refractivity contribution < 1.29 is 9.90 Å². The van der Waals surface area contributed by atoms with Gasteiger partial charge in [0, 0.05) is 12.2 Å². The number of aromatic carboxylic acids is 1. The number of hydrogen-bond donors (Lipinski definition) is 1. The lowest BCUT2D eigenvalue weighted by Crippen LogP contribution is -2.11. The van der Waals surface area contributed by atoms with E-state index in [4.69, 9.17) is 0 Å². The Morgan fingerprint density at radius 2 is 2.00 bits per heavy atom. The monoisotopic (exact) mass is 241 g/mol. The van der Waals surface area contributed by atoms with E-state index in [2.05, 4.69) is 0 Å². The number of carboxylic acids is 1. The zero-order valence-electron chi connectivity index (χ0n) is 10.1. The van der Waals surface area contributed by atoms with E-state index in [1.165, 1.54) is 11.3 Å². The molecule has 0 fully saturated rings. The molecule has 0 radical (unpaired) electrons. The molecular formula is C15H15NO2. The van der Waals surface area contributed by atoms with Gasteiger partial charge in [-0.2, -0.15) is 0 Å². The van der Waals surface area contributed by atoms with Gasteiger partial charge in [-0.1, -0.05) is 30.3 Å². The highest BCUT2D eigenvalue weighted by Gasteiger charge is 2.22. The minimum Gasteiger partial charge on any atom is -0.477 e. The largest absolute Gasteiger partial charge is 0.477 e. The summed E-state index contributed by atoms with van der Waals surface area (Å²) in [6, 6.07) is 11.9.